The summed E-state index contributed by atoms with van der Waals surface area (Å²) in [6, 6.07) is -0.491. The molecule has 1 aliphatic rings. The van der Waals surface area contributed by atoms with E-state index in [1.54, 1.807) is 0 Å². The van der Waals surface area contributed by atoms with Crippen LogP contribution in [0.15, 0.2) is 0 Å². The second-order valence-electron chi connectivity index (χ2n) is 2.61. The van der Waals surface area contributed by atoms with Gasteiger partial charge in [0, 0.05) is 5.92 Å². The van der Waals surface area contributed by atoms with Gasteiger partial charge in [-0.2, -0.15) is 0 Å². The molecule has 0 aromatic rings. The molecule has 0 unspecified atom stereocenters. The van der Waals surface area contributed by atoms with Crippen molar-refractivity contribution in [1.29, 1.82) is 0 Å². The molecular formula is C6H12N2O2. The summed E-state index contributed by atoms with van der Waals surface area (Å²) in [7, 11) is 0. The minimum atomic E-state index is -0.491. The number of amides is 1. The van der Waals surface area contributed by atoms with Crippen molar-refractivity contribution in [2.24, 2.45) is 11.7 Å². The van der Waals surface area contributed by atoms with Crippen molar-refractivity contribution < 1.29 is 10.0 Å². The number of rotatable bonds is 1. The van der Waals surface area contributed by atoms with E-state index in [2.05, 4.69) is 0 Å². The van der Waals surface area contributed by atoms with Gasteiger partial charge in [-0.1, -0.05) is 6.92 Å². The number of carbonyl (C=O) groups is 1. The molecule has 0 bridgehead atoms. The maximum Gasteiger partial charge on any atom is 0.263 e. The third-order valence-electron chi connectivity index (χ3n) is 1.98. The highest BCUT2D eigenvalue weighted by atomic mass is 16.5. The number of hydrogen-bond donors (Lipinski definition) is 2. The lowest BCUT2D eigenvalue weighted by Gasteiger charge is -2.06. The molecule has 0 radical (unpaired) electrons. The van der Waals surface area contributed by atoms with Crippen LogP contribution in [-0.4, -0.2) is 28.8 Å². The second-order valence-corrected chi connectivity index (χ2v) is 2.61. The molecule has 1 fully saturated rings. The SMILES string of the molecule is CC[C@H]1CN(O)C(=O)[C@H]1N. The predicted molar refractivity (Wildman–Crippen MR) is 35.3 cm³/mol. The zero-order valence-electron chi connectivity index (χ0n) is 5.95. The zero-order valence-corrected chi connectivity index (χ0v) is 5.95. The van der Waals surface area contributed by atoms with Crippen LogP contribution in [0.4, 0.5) is 0 Å². The quantitative estimate of drug-likeness (QED) is 0.491. The van der Waals surface area contributed by atoms with E-state index < -0.39 is 6.04 Å². The van der Waals surface area contributed by atoms with Crippen LogP contribution in [0.1, 0.15) is 13.3 Å². The molecule has 0 aromatic carbocycles. The Hall–Kier alpha value is -0.610. The van der Waals surface area contributed by atoms with Crippen LogP contribution in [0.25, 0.3) is 0 Å². The van der Waals surface area contributed by atoms with E-state index >= 15 is 0 Å². The van der Waals surface area contributed by atoms with Gasteiger partial charge in [0.25, 0.3) is 5.91 Å². The highest BCUT2D eigenvalue weighted by Crippen LogP contribution is 2.17. The maximum atomic E-state index is 10.8. The van der Waals surface area contributed by atoms with Crippen LogP contribution in [0.3, 0.4) is 0 Å². The molecule has 4 heteroatoms. The van der Waals surface area contributed by atoms with E-state index in [0.717, 1.165) is 6.42 Å². The molecule has 3 N–H and O–H groups in total. The van der Waals surface area contributed by atoms with Crippen LogP contribution in [0.5, 0.6) is 0 Å². The molecule has 0 spiro atoms. The first kappa shape index (κ1) is 7.50. The van der Waals surface area contributed by atoms with Gasteiger partial charge < -0.3 is 5.73 Å². The van der Waals surface area contributed by atoms with E-state index in [9.17, 15) is 4.79 Å². The van der Waals surface area contributed by atoms with Crippen molar-refractivity contribution >= 4 is 5.91 Å². The summed E-state index contributed by atoms with van der Waals surface area (Å²) in [4.78, 5) is 10.8. The fourth-order valence-corrected chi connectivity index (χ4v) is 1.18. The van der Waals surface area contributed by atoms with Gasteiger partial charge in [0.2, 0.25) is 0 Å². The van der Waals surface area contributed by atoms with E-state index in [1.807, 2.05) is 6.92 Å². The molecule has 4 nitrogen and oxygen atoms in total. The fraction of sp³-hybridized carbons (Fsp3) is 0.833. The molecule has 1 amide bonds. The third-order valence-corrected chi connectivity index (χ3v) is 1.98. The topological polar surface area (TPSA) is 66.6 Å². The average Bonchev–Trinajstić information content (AvgIpc) is 2.17. The average molecular weight is 144 g/mol. The van der Waals surface area contributed by atoms with Gasteiger partial charge in [0.15, 0.2) is 0 Å². The van der Waals surface area contributed by atoms with Crippen molar-refractivity contribution in [3.63, 3.8) is 0 Å². The Morgan fingerprint density at radius 1 is 1.90 bits per heavy atom. The predicted octanol–water partition coefficient (Wildman–Crippen LogP) is -0.429. The largest absolute Gasteiger partial charge is 0.320 e. The lowest BCUT2D eigenvalue weighted by atomic mass is 10.0. The van der Waals surface area contributed by atoms with Gasteiger partial charge in [0.1, 0.15) is 0 Å². The number of nitrogens with two attached hydrogens (primary N) is 1. The van der Waals surface area contributed by atoms with E-state index in [4.69, 9.17) is 10.9 Å². The van der Waals surface area contributed by atoms with E-state index in [1.165, 1.54) is 0 Å². The summed E-state index contributed by atoms with van der Waals surface area (Å²) in [5.74, 6) is -0.232. The van der Waals surface area contributed by atoms with Crippen LogP contribution >= 0.6 is 0 Å². The van der Waals surface area contributed by atoms with Gasteiger partial charge in [-0.15, -0.1) is 0 Å². The Morgan fingerprint density at radius 2 is 2.50 bits per heavy atom. The minimum Gasteiger partial charge on any atom is -0.320 e. The monoisotopic (exact) mass is 144 g/mol. The Morgan fingerprint density at radius 3 is 2.70 bits per heavy atom. The summed E-state index contributed by atoms with van der Waals surface area (Å²) < 4.78 is 0. The highest BCUT2D eigenvalue weighted by Gasteiger charge is 2.35. The van der Waals surface area contributed by atoms with Crippen molar-refractivity contribution in [2.75, 3.05) is 6.54 Å². The van der Waals surface area contributed by atoms with Crippen LogP contribution in [0.2, 0.25) is 0 Å². The fourth-order valence-electron chi connectivity index (χ4n) is 1.18. The van der Waals surface area contributed by atoms with Crippen molar-refractivity contribution in [1.82, 2.24) is 5.06 Å². The molecule has 0 aliphatic carbocycles. The van der Waals surface area contributed by atoms with E-state index in [0.29, 0.717) is 11.6 Å². The lowest BCUT2D eigenvalue weighted by Crippen LogP contribution is -2.34. The van der Waals surface area contributed by atoms with Crippen LogP contribution in [-0.2, 0) is 4.79 Å². The molecule has 1 heterocycles. The number of hydroxylamine groups is 2. The number of carbonyl (C=O) groups excluding carboxylic acids is 1. The highest BCUT2D eigenvalue weighted by molar-refractivity contribution is 5.83. The first-order chi connectivity index (χ1) is 4.66. The Kier molecular flexibility index (Phi) is 1.92. The first-order valence-electron chi connectivity index (χ1n) is 3.42. The van der Waals surface area contributed by atoms with E-state index in [-0.39, 0.29) is 11.8 Å². The Bertz CT molecular complexity index is 149. The summed E-state index contributed by atoms with van der Waals surface area (Å²) in [6.45, 7) is 2.34. The summed E-state index contributed by atoms with van der Waals surface area (Å²) >= 11 is 0. The standard InChI is InChI=1S/C6H12N2O2/c1-2-4-3-8(10)6(9)5(4)7/h4-5,10H,2-3,7H2,1H3/t4-,5-/m0/s1. The normalized spacial score (nSPS) is 33.5. The van der Waals surface area contributed by atoms with Gasteiger partial charge in [0.05, 0.1) is 12.6 Å². The van der Waals surface area contributed by atoms with Gasteiger partial charge in [-0.3, -0.25) is 10.0 Å². The van der Waals surface area contributed by atoms with Crippen molar-refractivity contribution in [3.05, 3.63) is 0 Å². The molecule has 1 rings (SSSR count). The number of hydrogen-bond acceptors (Lipinski definition) is 3. The van der Waals surface area contributed by atoms with Gasteiger partial charge >= 0.3 is 0 Å². The smallest absolute Gasteiger partial charge is 0.263 e. The first-order valence-corrected chi connectivity index (χ1v) is 3.42. The lowest BCUT2D eigenvalue weighted by molar-refractivity contribution is -0.158. The van der Waals surface area contributed by atoms with Gasteiger partial charge in [-0.05, 0) is 6.42 Å². The molecular weight excluding hydrogens is 132 g/mol. The summed E-state index contributed by atoms with van der Waals surface area (Å²) in [5, 5.41) is 9.58. The third kappa shape index (κ3) is 0.998. The number of nitrogens with zero attached hydrogens (tertiary/aromatic N) is 1. The molecule has 2 atom stereocenters. The molecule has 0 saturated carbocycles. The molecule has 10 heavy (non-hydrogen) atoms. The Balaban J connectivity index is 2.61. The van der Waals surface area contributed by atoms with Crippen LogP contribution < -0.4 is 5.73 Å². The molecule has 1 saturated heterocycles. The molecule has 0 aromatic heterocycles. The molecule has 1 aliphatic heterocycles. The minimum absolute atomic E-state index is 0.123. The Labute approximate surface area is 59.6 Å². The summed E-state index contributed by atoms with van der Waals surface area (Å²) in [6.07, 6.45) is 0.837. The van der Waals surface area contributed by atoms with Crippen molar-refractivity contribution in [3.8, 4) is 0 Å². The maximum absolute atomic E-state index is 10.8. The van der Waals surface area contributed by atoms with Gasteiger partial charge in [-0.25, -0.2) is 5.06 Å². The van der Waals surface area contributed by atoms with Crippen molar-refractivity contribution in [2.45, 2.75) is 19.4 Å². The second kappa shape index (κ2) is 2.56. The summed E-state index contributed by atoms with van der Waals surface area (Å²) in [5.41, 5.74) is 5.47. The zero-order chi connectivity index (χ0) is 7.72. The van der Waals surface area contributed by atoms with Crippen LogP contribution in [0, 0.1) is 5.92 Å². The molecule has 58 valence electrons.